The van der Waals surface area contributed by atoms with Crippen LogP contribution in [0.3, 0.4) is 0 Å². The van der Waals surface area contributed by atoms with E-state index >= 15 is 0 Å². The molecule has 19 rings (SSSR count). The van der Waals surface area contributed by atoms with Gasteiger partial charge in [-0.1, -0.05) is 261 Å². The molecule has 0 saturated heterocycles. The highest BCUT2D eigenvalue weighted by molar-refractivity contribution is 6.17. The molecule has 87 heavy (non-hydrogen) atoms. The number of aromatic nitrogens is 4. The van der Waals surface area contributed by atoms with E-state index in [4.69, 9.17) is 15.0 Å². The van der Waals surface area contributed by atoms with Crippen molar-refractivity contribution in [1.29, 1.82) is 0 Å². The molecule has 13 aromatic carbocycles. The monoisotopic (exact) mass is 1100 g/mol. The van der Waals surface area contributed by atoms with Crippen LogP contribution in [0.1, 0.15) is 44.5 Å². The lowest BCUT2D eigenvalue weighted by molar-refractivity contribution is 0.792. The Kier molecular flexibility index (Phi) is 10.00. The van der Waals surface area contributed by atoms with Crippen LogP contribution in [-0.2, 0) is 10.8 Å². The zero-order valence-electron chi connectivity index (χ0n) is 47.2. The Morgan fingerprint density at radius 1 is 0.218 bits per heavy atom. The van der Waals surface area contributed by atoms with Gasteiger partial charge in [0.2, 0.25) is 0 Å². The lowest BCUT2D eigenvalue weighted by atomic mass is 9.70. The number of fused-ring (bicyclic) bond motifs is 23. The second kappa shape index (κ2) is 18.1. The first-order chi connectivity index (χ1) is 43.1. The van der Waals surface area contributed by atoms with Crippen LogP contribution < -0.4 is 0 Å². The third-order valence-corrected chi connectivity index (χ3v) is 19.5. The van der Waals surface area contributed by atoms with Crippen molar-refractivity contribution >= 4 is 21.8 Å². The molecule has 0 fully saturated rings. The van der Waals surface area contributed by atoms with Crippen molar-refractivity contribution < 1.29 is 0 Å². The fourth-order valence-electron chi connectivity index (χ4n) is 16.0. The first-order valence-corrected chi connectivity index (χ1v) is 30.1. The Labute approximate surface area is 503 Å². The minimum atomic E-state index is -0.503. The lowest BCUT2D eigenvalue weighted by Crippen LogP contribution is -2.26. The predicted molar refractivity (Wildman–Crippen MR) is 354 cm³/mol. The summed E-state index contributed by atoms with van der Waals surface area (Å²) in [5.41, 5.74) is 30.4. The Bertz CT molecular complexity index is 5290. The first kappa shape index (κ1) is 48.1. The zero-order chi connectivity index (χ0) is 57.0. The van der Waals surface area contributed by atoms with Gasteiger partial charge in [0.15, 0.2) is 17.5 Å². The molecule has 4 nitrogen and oxygen atoms in total. The maximum atomic E-state index is 5.49. The van der Waals surface area contributed by atoms with E-state index in [1.54, 1.807) is 0 Å². The summed E-state index contributed by atoms with van der Waals surface area (Å²) < 4.78 is 2.50. The zero-order valence-corrected chi connectivity index (χ0v) is 47.2. The second-order valence-electron chi connectivity index (χ2n) is 23.6. The molecule has 0 N–H and O–H groups in total. The molecule has 15 aromatic rings. The van der Waals surface area contributed by atoms with Gasteiger partial charge < -0.3 is 4.57 Å². The van der Waals surface area contributed by atoms with E-state index in [9.17, 15) is 0 Å². The van der Waals surface area contributed by atoms with Crippen LogP contribution in [0.4, 0.5) is 0 Å². The standard InChI is InChI=1S/C83H50N4/c1-3-21-51(22-4-1)53-42-46-76-67(48-53)78-58(33-20-40-77(78)87(76)57-43-45-66-64-32-12-18-39-73(64)83(75(66)50-57)70-36-15-9-29-61(70)62-30-10-16-37-71(62)83)54-25-19-26-55(47-54)80-84-79(52-23-5-2-6-24-52)85-81(86-80)56-41-44-65-63-31-11-17-38-72(63)82(74(65)49-56)68-34-13-7-27-59(68)60-28-8-14-35-69(60)82/h1-50H. The minimum Gasteiger partial charge on any atom is -0.309 e. The van der Waals surface area contributed by atoms with Crippen LogP contribution in [0.15, 0.2) is 303 Å². The number of rotatable bonds is 6. The first-order valence-electron chi connectivity index (χ1n) is 30.1. The van der Waals surface area contributed by atoms with Gasteiger partial charge in [-0.2, -0.15) is 0 Å². The summed E-state index contributed by atoms with van der Waals surface area (Å²) in [7, 11) is 0. The van der Waals surface area contributed by atoms with Gasteiger partial charge in [-0.15, -0.1) is 0 Å². The lowest BCUT2D eigenvalue weighted by Gasteiger charge is -2.30. The number of hydrogen-bond acceptors (Lipinski definition) is 3. The molecule has 0 atom stereocenters. The highest BCUT2D eigenvalue weighted by Crippen LogP contribution is 2.65. The summed E-state index contributed by atoms with van der Waals surface area (Å²) in [6, 6.07) is 112. The van der Waals surface area contributed by atoms with Crippen LogP contribution in [0.2, 0.25) is 0 Å². The van der Waals surface area contributed by atoms with Crippen LogP contribution in [0, 0.1) is 0 Å². The molecule has 2 spiro atoms. The molecule has 4 heteroatoms. The van der Waals surface area contributed by atoms with Gasteiger partial charge in [0.1, 0.15) is 0 Å². The number of benzene rings is 13. The Morgan fingerprint density at radius 3 is 1.13 bits per heavy atom. The fraction of sp³-hybridized carbons (Fsp3) is 0.0241. The quantitative estimate of drug-likeness (QED) is 0.167. The molecule has 2 aromatic heterocycles. The largest absolute Gasteiger partial charge is 0.309 e. The van der Waals surface area contributed by atoms with E-state index in [-0.39, 0.29) is 0 Å². The Morgan fingerprint density at radius 2 is 0.598 bits per heavy atom. The van der Waals surface area contributed by atoms with Gasteiger partial charge in [-0.05, 0) is 154 Å². The SMILES string of the molecule is c1ccc(-c2ccc3c(c2)c2c(-c4cccc(-c5nc(-c6ccccc6)nc(-c6ccc7c(c6)C6(c8ccccc8-c8ccccc86)c6ccccc6-7)n5)c4)cccc2n3-c2ccc3c(c2)C2(c4ccccc4-c4ccccc42)c2ccccc2-3)cc1. The molecule has 2 heterocycles. The maximum Gasteiger partial charge on any atom is 0.164 e. The van der Waals surface area contributed by atoms with Crippen molar-refractivity contribution in [1.82, 2.24) is 19.5 Å². The summed E-state index contributed by atoms with van der Waals surface area (Å²) in [6.07, 6.45) is 0. The van der Waals surface area contributed by atoms with E-state index in [0.717, 1.165) is 44.5 Å². The van der Waals surface area contributed by atoms with Crippen molar-refractivity contribution in [2.24, 2.45) is 0 Å². The smallest absolute Gasteiger partial charge is 0.164 e. The molecule has 4 aliphatic carbocycles. The molecule has 4 aliphatic rings. The highest BCUT2D eigenvalue weighted by atomic mass is 15.0. The highest BCUT2D eigenvalue weighted by Gasteiger charge is 2.53. The predicted octanol–water partition coefficient (Wildman–Crippen LogP) is 20.0. The number of hydrogen-bond donors (Lipinski definition) is 0. The number of nitrogens with zero attached hydrogens (tertiary/aromatic N) is 4. The van der Waals surface area contributed by atoms with Crippen LogP contribution in [-0.4, -0.2) is 19.5 Å². The van der Waals surface area contributed by atoms with E-state index in [1.807, 2.05) is 6.07 Å². The molecule has 0 saturated carbocycles. The molecule has 402 valence electrons. The molecule has 0 aliphatic heterocycles. The molecular weight excluding hydrogens is 1050 g/mol. The van der Waals surface area contributed by atoms with Gasteiger partial charge in [0.05, 0.1) is 21.9 Å². The Hall–Kier alpha value is -11.3. The maximum absolute atomic E-state index is 5.49. The van der Waals surface area contributed by atoms with Crippen molar-refractivity contribution in [3.63, 3.8) is 0 Å². The molecule has 0 amide bonds. The molecule has 0 radical (unpaired) electrons. The second-order valence-corrected chi connectivity index (χ2v) is 23.6. The molecule has 0 bridgehead atoms. The summed E-state index contributed by atoms with van der Waals surface area (Å²) in [5, 5.41) is 2.36. The summed E-state index contributed by atoms with van der Waals surface area (Å²) in [4.78, 5) is 16.2. The average molecular weight is 1100 g/mol. The van der Waals surface area contributed by atoms with Crippen molar-refractivity contribution in [3.05, 3.63) is 348 Å². The normalized spacial score (nSPS) is 13.7. The van der Waals surface area contributed by atoms with E-state index in [1.165, 1.54) is 111 Å². The van der Waals surface area contributed by atoms with Crippen LogP contribution in [0.25, 0.3) is 128 Å². The Balaban J connectivity index is 0.798. The van der Waals surface area contributed by atoms with Gasteiger partial charge in [0.25, 0.3) is 0 Å². The van der Waals surface area contributed by atoms with E-state index < -0.39 is 10.8 Å². The summed E-state index contributed by atoms with van der Waals surface area (Å²) in [5.74, 6) is 1.86. The van der Waals surface area contributed by atoms with Crippen molar-refractivity contribution in [2.45, 2.75) is 10.8 Å². The van der Waals surface area contributed by atoms with Crippen LogP contribution >= 0.6 is 0 Å². The topological polar surface area (TPSA) is 43.6 Å². The van der Waals surface area contributed by atoms with Gasteiger partial charge in [-0.25, -0.2) is 15.0 Å². The summed E-state index contributed by atoms with van der Waals surface area (Å²) >= 11 is 0. The van der Waals surface area contributed by atoms with Crippen molar-refractivity contribution in [3.8, 4) is 107 Å². The fourth-order valence-corrected chi connectivity index (χ4v) is 16.0. The van der Waals surface area contributed by atoms with E-state index in [2.05, 4.69) is 302 Å². The molecular formula is C83H50N4. The third kappa shape index (κ3) is 6.53. The summed E-state index contributed by atoms with van der Waals surface area (Å²) in [6.45, 7) is 0. The molecule has 0 unspecified atom stereocenters. The van der Waals surface area contributed by atoms with Crippen LogP contribution in [0.5, 0.6) is 0 Å². The van der Waals surface area contributed by atoms with Gasteiger partial charge in [0, 0.05) is 33.2 Å². The van der Waals surface area contributed by atoms with E-state index in [0.29, 0.717) is 17.5 Å². The third-order valence-electron chi connectivity index (χ3n) is 19.5. The van der Waals surface area contributed by atoms with Gasteiger partial charge in [-0.3, -0.25) is 0 Å². The van der Waals surface area contributed by atoms with Gasteiger partial charge >= 0.3 is 0 Å². The van der Waals surface area contributed by atoms with Crippen molar-refractivity contribution in [2.75, 3.05) is 0 Å². The average Bonchev–Trinajstić information content (AvgIpc) is 1.54. The minimum absolute atomic E-state index is 0.474.